The SMILES string of the molecule is CC.CC.c1n[nH]c2c1CNC2. The number of hydrogen-bond donors (Lipinski definition) is 2. The molecular weight excluding hydrogens is 150 g/mol. The van der Waals surface area contributed by atoms with Crippen molar-refractivity contribution < 1.29 is 0 Å². The van der Waals surface area contributed by atoms with Gasteiger partial charge >= 0.3 is 0 Å². The summed E-state index contributed by atoms with van der Waals surface area (Å²) in [6.07, 6.45) is 1.87. The highest BCUT2D eigenvalue weighted by Crippen LogP contribution is 2.08. The van der Waals surface area contributed by atoms with Gasteiger partial charge in [0.2, 0.25) is 0 Å². The molecule has 0 aliphatic carbocycles. The lowest BCUT2D eigenvalue weighted by Crippen LogP contribution is -2.01. The molecule has 2 N–H and O–H groups in total. The van der Waals surface area contributed by atoms with Crippen LogP contribution in [-0.4, -0.2) is 10.2 Å². The predicted octanol–water partition coefficient (Wildman–Crippen LogP) is 2.07. The second-order valence-electron chi connectivity index (χ2n) is 1.98. The summed E-state index contributed by atoms with van der Waals surface area (Å²) in [6.45, 7) is 9.93. The molecule has 2 rings (SSSR count). The molecule has 2 heterocycles. The molecule has 3 heteroatoms. The average molecular weight is 169 g/mol. The molecule has 12 heavy (non-hydrogen) atoms. The van der Waals surface area contributed by atoms with E-state index in [2.05, 4.69) is 15.5 Å². The van der Waals surface area contributed by atoms with Crippen LogP contribution in [-0.2, 0) is 13.1 Å². The van der Waals surface area contributed by atoms with Crippen LogP contribution >= 0.6 is 0 Å². The van der Waals surface area contributed by atoms with E-state index in [0.29, 0.717) is 0 Å². The maximum Gasteiger partial charge on any atom is 0.0535 e. The minimum absolute atomic E-state index is 0.954. The first-order valence-corrected chi connectivity index (χ1v) is 4.68. The zero-order valence-electron chi connectivity index (χ0n) is 8.44. The largest absolute Gasteiger partial charge is 0.307 e. The summed E-state index contributed by atoms with van der Waals surface area (Å²) < 4.78 is 0. The van der Waals surface area contributed by atoms with Crippen LogP contribution in [0.3, 0.4) is 0 Å². The summed E-state index contributed by atoms with van der Waals surface area (Å²) in [4.78, 5) is 0. The van der Waals surface area contributed by atoms with E-state index in [0.717, 1.165) is 13.1 Å². The fourth-order valence-corrected chi connectivity index (χ4v) is 0.965. The number of H-pyrrole nitrogens is 1. The quantitative estimate of drug-likeness (QED) is 0.624. The molecule has 1 aromatic heterocycles. The van der Waals surface area contributed by atoms with Crippen LogP contribution in [0, 0.1) is 0 Å². The maximum atomic E-state index is 3.88. The zero-order chi connectivity index (χ0) is 9.40. The Morgan fingerprint density at radius 1 is 1.17 bits per heavy atom. The van der Waals surface area contributed by atoms with Crippen molar-refractivity contribution in [3.05, 3.63) is 17.5 Å². The Balaban J connectivity index is 0.000000269. The van der Waals surface area contributed by atoms with Crippen molar-refractivity contribution in [1.29, 1.82) is 0 Å². The number of nitrogens with one attached hydrogen (secondary N) is 2. The number of rotatable bonds is 0. The average Bonchev–Trinajstić information content (AvgIpc) is 2.72. The maximum absolute atomic E-state index is 3.88. The second-order valence-corrected chi connectivity index (χ2v) is 1.98. The normalized spacial score (nSPS) is 12.0. The topological polar surface area (TPSA) is 40.7 Å². The summed E-state index contributed by atoms with van der Waals surface area (Å²) in [5.41, 5.74) is 2.55. The van der Waals surface area contributed by atoms with Gasteiger partial charge in [0.1, 0.15) is 0 Å². The van der Waals surface area contributed by atoms with Gasteiger partial charge < -0.3 is 5.32 Å². The molecule has 1 aromatic rings. The van der Waals surface area contributed by atoms with Crippen LogP contribution in [0.1, 0.15) is 39.0 Å². The third-order valence-corrected chi connectivity index (χ3v) is 1.42. The second kappa shape index (κ2) is 6.85. The van der Waals surface area contributed by atoms with Crippen molar-refractivity contribution in [2.75, 3.05) is 0 Å². The highest BCUT2D eigenvalue weighted by Gasteiger charge is 2.09. The summed E-state index contributed by atoms with van der Waals surface area (Å²) in [5.74, 6) is 0. The smallest absolute Gasteiger partial charge is 0.0535 e. The van der Waals surface area contributed by atoms with Crippen molar-refractivity contribution in [3.63, 3.8) is 0 Å². The predicted molar refractivity (Wildman–Crippen MR) is 51.8 cm³/mol. The Kier molecular flexibility index (Phi) is 6.38. The van der Waals surface area contributed by atoms with Crippen LogP contribution in [0.5, 0.6) is 0 Å². The van der Waals surface area contributed by atoms with Gasteiger partial charge in [0.05, 0.1) is 11.9 Å². The minimum Gasteiger partial charge on any atom is -0.307 e. The first kappa shape index (κ1) is 11.2. The van der Waals surface area contributed by atoms with E-state index in [9.17, 15) is 0 Å². The highest BCUT2D eigenvalue weighted by atomic mass is 15.1. The number of nitrogens with zero attached hydrogens (tertiary/aromatic N) is 1. The van der Waals surface area contributed by atoms with Crippen LogP contribution in [0.15, 0.2) is 6.20 Å². The third-order valence-electron chi connectivity index (χ3n) is 1.42. The van der Waals surface area contributed by atoms with E-state index in [1.165, 1.54) is 11.3 Å². The number of aromatic nitrogens is 2. The van der Waals surface area contributed by atoms with Gasteiger partial charge in [0.15, 0.2) is 0 Å². The Hall–Kier alpha value is -0.830. The number of aromatic amines is 1. The van der Waals surface area contributed by atoms with E-state index < -0.39 is 0 Å². The molecule has 0 radical (unpaired) electrons. The van der Waals surface area contributed by atoms with E-state index in [4.69, 9.17) is 0 Å². The first-order valence-electron chi connectivity index (χ1n) is 4.68. The molecule has 0 atom stereocenters. The van der Waals surface area contributed by atoms with E-state index in [-0.39, 0.29) is 0 Å². The molecule has 70 valence electrons. The van der Waals surface area contributed by atoms with Crippen molar-refractivity contribution in [2.24, 2.45) is 0 Å². The van der Waals surface area contributed by atoms with E-state index in [1.807, 2.05) is 33.9 Å². The Labute approximate surface area is 74.6 Å². The molecular formula is C9H19N3. The number of hydrogen-bond acceptors (Lipinski definition) is 2. The van der Waals surface area contributed by atoms with E-state index >= 15 is 0 Å². The van der Waals surface area contributed by atoms with Gasteiger partial charge in [-0.1, -0.05) is 27.7 Å². The lowest BCUT2D eigenvalue weighted by atomic mass is 10.3. The highest BCUT2D eigenvalue weighted by molar-refractivity contribution is 5.19. The lowest BCUT2D eigenvalue weighted by molar-refractivity contribution is 0.742. The lowest BCUT2D eigenvalue weighted by Gasteiger charge is -1.82. The summed E-state index contributed by atoms with van der Waals surface area (Å²) >= 11 is 0. The van der Waals surface area contributed by atoms with Crippen LogP contribution in [0.2, 0.25) is 0 Å². The minimum atomic E-state index is 0.954. The standard InChI is InChI=1S/C5H7N3.2C2H6/c1-4-2-7-8-5(4)3-6-1;2*1-2/h2,6H,1,3H2,(H,7,8);2*1-2H3. The monoisotopic (exact) mass is 169 g/mol. The Bertz CT molecular complexity index is 175. The molecule has 0 aromatic carbocycles. The molecule has 0 bridgehead atoms. The van der Waals surface area contributed by atoms with Crippen LogP contribution < -0.4 is 5.32 Å². The first-order chi connectivity index (χ1) is 5.97. The van der Waals surface area contributed by atoms with Gasteiger partial charge in [-0.05, 0) is 0 Å². The van der Waals surface area contributed by atoms with Crippen LogP contribution in [0.25, 0.3) is 0 Å². The molecule has 1 aliphatic heterocycles. The molecule has 0 saturated carbocycles. The van der Waals surface area contributed by atoms with Crippen molar-refractivity contribution >= 4 is 0 Å². The summed E-state index contributed by atoms with van der Waals surface area (Å²) in [5, 5.41) is 9.98. The van der Waals surface area contributed by atoms with E-state index in [1.54, 1.807) is 0 Å². The van der Waals surface area contributed by atoms with Crippen molar-refractivity contribution in [1.82, 2.24) is 15.5 Å². The van der Waals surface area contributed by atoms with Crippen molar-refractivity contribution in [2.45, 2.75) is 40.8 Å². The van der Waals surface area contributed by atoms with Crippen molar-refractivity contribution in [3.8, 4) is 0 Å². The Morgan fingerprint density at radius 2 is 1.83 bits per heavy atom. The molecule has 0 fully saturated rings. The molecule has 3 nitrogen and oxygen atoms in total. The van der Waals surface area contributed by atoms with Gasteiger partial charge in [0.25, 0.3) is 0 Å². The van der Waals surface area contributed by atoms with Gasteiger partial charge in [-0.25, -0.2) is 0 Å². The summed E-state index contributed by atoms with van der Waals surface area (Å²) in [7, 11) is 0. The molecule has 0 amide bonds. The van der Waals surface area contributed by atoms with Gasteiger partial charge in [-0.2, -0.15) is 5.10 Å². The molecule has 1 aliphatic rings. The van der Waals surface area contributed by atoms with Gasteiger partial charge in [-0.3, -0.25) is 5.10 Å². The fraction of sp³-hybridized carbons (Fsp3) is 0.667. The van der Waals surface area contributed by atoms with Crippen LogP contribution in [0.4, 0.5) is 0 Å². The molecule has 0 spiro atoms. The van der Waals surface area contributed by atoms with Gasteiger partial charge in [0, 0.05) is 18.7 Å². The van der Waals surface area contributed by atoms with Gasteiger partial charge in [-0.15, -0.1) is 0 Å². The third kappa shape index (κ3) is 2.66. The summed E-state index contributed by atoms with van der Waals surface area (Å²) in [6, 6.07) is 0. The molecule has 0 saturated heterocycles. The zero-order valence-corrected chi connectivity index (χ0v) is 8.44. The molecule has 0 unspecified atom stereocenters. The fourth-order valence-electron chi connectivity index (χ4n) is 0.965. The number of fused-ring (bicyclic) bond motifs is 1. The Morgan fingerprint density at radius 3 is 2.42 bits per heavy atom.